The van der Waals surface area contributed by atoms with Crippen LogP contribution in [0, 0.1) is 0 Å². The van der Waals surface area contributed by atoms with Gasteiger partial charge in [-0.05, 0) is 102 Å². The van der Waals surface area contributed by atoms with Crippen molar-refractivity contribution in [1.29, 1.82) is 0 Å². The van der Waals surface area contributed by atoms with Gasteiger partial charge in [0.2, 0.25) is 0 Å². The van der Waals surface area contributed by atoms with Crippen LogP contribution in [0.4, 0.5) is 0 Å². The number of nitrogens with zero attached hydrogens (tertiary/aromatic N) is 1. The van der Waals surface area contributed by atoms with Gasteiger partial charge < -0.3 is 0 Å². The quantitative estimate of drug-likeness (QED) is 0.181. The Hall–Kier alpha value is -5.83. The van der Waals surface area contributed by atoms with Gasteiger partial charge in [0, 0.05) is 27.2 Å². The van der Waals surface area contributed by atoms with Crippen LogP contribution in [-0.4, -0.2) is 4.98 Å². The zero-order chi connectivity index (χ0) is 30.9. The molecule has 8 aromatic carbocycles. The van der Waals surface area contributed by atoms with Gasteiger partial charge in [-0.2, -0.15) is 0 Å². The summed E-state index contributed by atoms with van der Waals surface area (Å²) in [5.74, 6) is 0. The molecule has 2 heteroatoms. The minimum atomic E-state index is 1.04. The van der Waals surface area contributed by atoms with E-state index in [1.54, 1.807) is 0 Å². The Morgan fingerprint density at radius 2 is 1.04 bits per heavy atom. The van der Waals surface area contributed by atoms with E-state index in [9.17, 15) is 0 Å². The number of rotatable bonds is 3. The molecule has 0 saturated heterocycles. The molecule has 2 aromatic heterocycles. The van der Waals surface area contributed by atoms with Crippen LogP contribution in [0.15, 0.2) is 164 Å². The molecule has 0 bridgehead atoms. The minimum Gasteiger partial charge on any atom is -0.255 e. The van der Waals surface area contributed by atoms with Crippen molar-refractivity contribution in [3.05, 3.63) is 164 Å². The third-order valence-electron chi connectivity index (χ3n) is 9.66. The van der Waals surface area contributed by atoms with E-state index in [-0.39, 0.29) is 0 Å². The Labute approximate surface area is 276 Å². The molecule has 0 aliphatic carbocycles. The average molecular weight is 614 g/mol. The summed E-state index contributed by atoms with van der Waals surface area (Å²) in [5.41, 5.74) is 7.15. The maximum absolute atomic E-state index is 4.96. The first-order chi connectivity index (χ1) is 23.3. The van der Waals surface area contributed by atoms with Gasteiger partial charge in [-0.3, -0.25) is 4.98 Å². The normalized spacial score (nSPS) is 11.8. The van der Waals surface area contributed by atoms with E-state index in [1.165, 1.54) is 85.5 Å². The Bertz CT molecular complexity index is 2860. The molecule has 0 fully saturated rings. The number of fused-ring (bicyclic) bond motifs is 7. The van der Waals surface area contributed by atoms with Gasteiger partial charge in [-0.1, -0.05) is 121 Å². The lowest BCUT2D eigenvalue weighted by Crippen LogP contribution is -1.90. The van der Waals surface area contributed by atoms with Gasteiger partial charge >= 0.3 is 0 Å². The molecule has 10 aromatic rings. The summed E-state index contributed by atoms with van der Waals surface area (Å²) in [6.07, 6.45) is 1.96. The number of hydrogen-bond acceptors (Lipinski definition) is 2. The summed E-state index contributed by atoms with van der Waals surface area (Å²) in [6, 6.07) is 57.9. The van der Waals surface area contributed by atoms with Crippen LogP contribution < -0.4 is 0 Å². The second-order valence-electron chi connectivity index (χ2n) is 12.3. The first-order valence-corrected chi connectivity index (χ1v) is 16.8. The molecular formula is C45H27NS. The van der Waals surface area contributed by atoms with E-state index < -0.39 is 0 Å². The molecular weight excluding hydrogens is 587 g/mol. The predicted octanol–water partition coefficient (Wildman–Crippen LogP) is 13.1. The van der Waals surface area contributed by atoms with Crippen LogP contribution in [0.25, 0.3) is 96.8 Å². The molecule has 1 nitrogen and oxygen atoms in total. The van der Waals surface area contributed by atoms with Crippen LogP contribution in [0.2, 0.25) is 0 Å². The Balaban J connectivity index is 1.27. The highest BCUT2D eigenvalue weighted by atomic mass is 32.1. The zero-order valence-corrected chi connectivity index (χ0v) is 26.3. The Morgan fingerprint density at radius 3 is 1.87 bits per heavy atom. The maximum Gasteiger partial charge on any atom is 0.0880 e. The Kier molecular flexibility index (Phi) is 5.81. The standard InChI is InChI=1S/C45H27NS/c1-3-10-30-24-32(18-16-28(30)8-1)36-13-7-14-39-41(36)27-35-26-34(44-45-40(22-23-46-44)38-12-5-6-15-42(38)47-45)20-21-37(35)43(39)33-19-17-29-9-2-4-11-31(29)25-33/h1-27H. The van der Waals surface area contributed by atoms with Crippen molar-refractivity contribution < 1.29 is 0 Å². The van der Waals surface area contributed by atoms with Crippen LogP contribution in [0.3, 0.4) is 0 Å². The van der Waals surface area contributed by atoms with E-state index in [2.05, 4.69) is 158 Å². The van der Waals surface area contributed by atoms with E-state index in [1.807, 2.05) is 17.5 Å². The van der Waals surface area contributed by atoms with Crippen molar-refractivity contribution in [2.75, 3.05) is 0 Å². The molecule has 0 aliphatic rings. The van der Waals surface area contributed by atoms with Gasteiger partial charge in [-0.25, -0.2) is 0 Å². The van der Waals surface area contributed by atoms with E-state index >= 15 is 0 Å². The third-order valence-corrected chi connectivity index (χ3v) is 10.9. The Morgan fingerprint density at radius 1 is 0.383 bits per heavy atom. The monoisotopic (exact) mass is 613 g/mol. The molecule has 218 valence electrons. The van der Waals surface area contributed by atoms with Gasteiger partial charge in [0.05, 0.1) is 10.4 Å². The first-order valence-electron chi connectivity index (χ1n) is 16.0. The highest BCUT2D eigenvalue weighted by molar-refractivity contribution is 7.26. The van der Waals surface area contributed by atoms with E-state index in [4.69, 9.17) is 4.98 Å². The molecule has 0 aliphatic heterocycles. The van der Waals surface area contributed by atoms with Crippen molar-refractivity contribution in [3.63, 3.8) is 0 Å². The summed E-state index contributed by atoms with van der Waals surface area (Å²) in [7, 11) is 0. The molecule has 0 spiro atoms. The molecule has 2 heterocycles. The second-order valence-corrected chi connectivity index (χ2v) is 13.4. The van der Waals surface area contributed by atoms with Gasteiger partial charge in [0.25, 0.3) is 0 Å². The SMILES string of the molecule is c1ccc2cc(-c3cccc4c(-c5ccc6ccccc6c5)c5ccc(-c6nccc7c6sc6ccccc67)cc5cc34)ccc2c1. The lowest BCUT2D eigenvalue weighted by molar-refractivity contribution is 1.37. The largest absolute Gasteiger partial charge is 0.255 e. The summed E-state index contributed by atoms with van der Waals surface area (Å²) >= 11 is 1.83. The third kappa shape index (κ3) is 4.19. The zero-order valence-electron chi connectivity index (χ0n) is 25.4. The van der Waals surface area contributed by atoms with Crippen molar-refractivity contribution in [2.45, 2.75) is 0 Å². The lowest BCUT2D eigenvalue weighted by Gasteiger charge is -2.17. The predicted molar refractivity (Wildman–Crippen MR) is 203 cm³/mol. The molecule has 0 amide bonds. The molecule has 0 radical (unpaired) electrons. The molecule has 10 rings (SSSR count). The maximum atomic E-state index is 4.96. The van der Waals surface area contributed by atoms with Crippen LogP contribution in [0.1, 0.15) is 0 Å². The summed E-state index contributed by atoms with van der Waals surface area (Å²) in [5, 5.41) is 12.5. The second kappa shape index (κ2) is 10.3. The number of pyridine rings is 1. The van der Waals surface area contributed by atoms with E-state index in [0.717, 1.165) is 11.3 Å². The first kappa shape index (κ1) is 26.4. The van der Waals surface area contributed by atoms with Gasteiger partial charge in [-0.15, -0.1) is 11.3 Å². The van der Waals surface area contributed by atoms with Crippen molar-refractivity contribution in [2.24, 2.45) is 0 Å². The summed E-state index contributed by atoms with van der Waals surface area (Å²) < 4.78 is 2.53. The minimum absolute atomic E-state index is 1.04. The lowest BCUT2D eigenvalue weighted by atomic mass is 9.87. The fourth-order valence-corrected chi connectivity index (χ4v) is 8.63. The van der Waals surface area contributed by atoms with Crippen LogP contribution in [0.5, 0.6) is 0 Å². The fourth-order valence-electron chi connectivity index (χ4n) is 7.42. The summed E-state index contributed by atoms with van der Waals surface area (Å²) in [6.45, 7) is 0. The molecule has 47 heavy (non-hydrogen) atoms. The molecule has 0 atom stereocenters. The topological polar surface area (TPSA) is 12.9 Å². The van der Waals surface area contributed by atoms with Crippen molar-refractivity contribution in [3.8, 4) is 33.5 Å². The summed E-state index contributed by atoms with van der Waals surface area (Å²) in [4.78, 5) is 4.96. The highest BCUT2D eigenvalue weighted by Crippen LogP contribution is 2.44. The fraction of sp³-hybridized carbons (Fsp3) is 0. The van der Waals surface area contributed by atoms with Gasteiger partial charge in [0.15, 0.2) is 0 Å². The molecule has 0 saturated carbocycles. The number of aromatic nitrogens is 1. The van der Waals surface area contributed by atoms with Crippen LogP contribution in [-0.2, 0) is 0 Å². The van der Waals surface area contributed by atoms with Crippen LogP contribution >= 0.6 is 11.3 Å². The highest BCUT2D eigenvalue weighted by Gasteiger charge is 2.17. The number of benzene rings is 8. The van der Waals surface area contributed by atoms with Crippen molar-refractivity contribution in [1.82, 2.24) is 4.98 Å². The van der Waals surface area contributed by atoms with Crippen molar-refractivity contribution >= 4 is 74.6 Å². The average Bonchev–Trinajstić information content (AvgIpc) is 3.52. The number of hydrogen-bond donors (Lipinski definition) is 0. The van der Waals surface area contributed by atoms with Gasteiger partial charge in [0.1, 0.15) is 0 Å². The van der Waals surface area contributed by atoms with E-state index in [0.29, 0.717) is 0 Å². The molecule has 0 N–H and O–H groups in total. The number of thiophene rings is 1. The molecule has 0 unspecified atom stereocenters. The smallest absolute Gasteiger partial charge is 0.0880 e.